The number of amides is 1. The molecule has 2 saturated heterocycles. The molecule has 0 radical (unpaired) electrons. The molecule has 0 saturated carbocycles. The predicted molar refractivity (Wildman–Crippen MR) is 123 cm³/mol. The third-order valence-corrected chi connectivity index (χ3v) is 7.32. The first-order valence-electron chi connectivity index (χ1n) is 12.4. The van der Waals surface area contributed by atoms with Crippen molar-refractivity contribution >= 4 is 5.91 Å². The SMILES string of the molecule is CCCn1nc(C(=O)N2CCCCC2)c2c1CC[C@H](NCC(C)(C)N1CCOCC1)C2. The van der Waals surface area contributed by atoms with Crippen molar-refractivity contribution in [1.29, 1.82) is 0 Å². The standard InChI is InChI=1S/C24H41N5O2/c1-4-10-29-21-9-8-19(25-18-24(2,3)28-13-15-31-16-14-28)17-20(21)22(26-29)23(30)27-11-6-5-7-12-27/h19,25H,4-18H2,1-3H3/t19-/m0/s1. The summed E-state index contributed by atoms with van der Waals surface area (Å²) in [6.07, 6.45) is 7.53. The molecular formula is C24H41N5O2. The van der Waals surface area contributed by atoms with E-state index in [1.165, 1.54) is 17.7 Å². The Hall–Kier alpha value is -1.44. The summed E-state index contributed by atoms with van der Waals surface area (Å²) in [5.74, 6) is 0.153. The molecule has 0 spiro atoms. The molecule has 174 valence electrons. The first kappa shape index (κ1) is 22.7. The molecule has 1 aromatic heterocycles. The van der Waals surface area contributed by atoms with Crippen LogP contribution in [0.25, 0.3) is 0 Å². The molecule has 31 heavy (non-hydrogen) atoms. The molecular weight excluding hydrogens is 390 g/mol. The van der Waals surface area contributed by atoms with Crippen molar-refractivity contribution in [3.05, 3.63) is 17.0 Å². The van der Waals surface area contributed by atoms with Gasteiger partial charge < -0.3 is 15.0 Å². The van der Waals surface area contributed by atoms with Crippen LogP contribution < -0.4 is 5.32 Å². The lowest BCUT2D eigenvalue weighted by atomic mass is 9.90. The van der Waals surface area contributed by atoms with Crippen molar-refractivity contribution in [3.63, 3.8) is 0 Å². The van der Waals surface area contributed by atoms with E-state index in [9.17, 15) is 4.79 Å². The molecule has 0 bridgehead atoms. The van der Waals surface area contributed by atoms with E-state index in [0.29, 0.717) is 6.04 Å². The zero-order chi connectivity index (χ0) is 21.8. The topological polar surface area (TPSA) is 62.6 Å². The molecule has 1 aromatic rings. The number of hydrogen-bond acceptors (Lipinski definition) is 5. The smallest absolute Gasteiger partial charge is 0.274 e. The Labute approximate surface area is 187 Å². The van der Waals surface area contributed by atoms with Crippen LogP contribution in [0.4, 0.5) is 0 Å². The average molecular weight is 432 g/mol. The molecule has 0 unspecified atom stereocenters. The number of piperidine rings is 1. The number of carbonyl (C=O) groups excluding carboxylic acids is 1. The molecule has 1 aliphatic carbocycles. The second-order valence-corrected chi connectivity index (χ2v) is 10.1. The quantitative estimate of drug-likeness (QED) is 0.719. The van der Waals surface area contributed by atoms with Gasteiger partial charge in [-0.3, -0.25) is 14.4 Å². The lowest BCUT2D eigenvalue weighted by Gasteiger charge is -2.42. The van der Waals surface area contributed by atoms with Crippen molar-refractivity contribution in [3.8, 4) is 0 Å². The summed E-state index contributed by atoms with van der Waals surface area (Å²) in [6.45, 7) is 14.1. The lowest BCUT2D eigenvalue weighted by Crippen LogP contribution is -2.56. The number of nitrogens with one attached hydrogen (secondary N) is 1. The van der Waals surface area contributed by atoms with Crippen molar-refractivity contribution in [2.45, 2.75) is 83.8 Å². The maximum atomic E-state index is 13.3. The number of likely N-dealkylation sites (tertiary alicyclic amines) is 1. The summed E-state index contributed by atoms with van der Waals surface area (Å²) in [7, 11) is 0. The van der Waals surface area contributed by atoms with E-state index in [-0.39, 0.29) is 11.4 Å². The van der Waals surface area contributed by atoms with Crippen LogP contribution in [-0.2, 0) is 24.1 Å². The van der Waals surface area contributed by atoms with Crippen molar-refractivity contribution < 1.29 is 9.53 Å². The maximum absolute atomic E-state index is 13.3. The van der Waals surface area contributed by atoms with E-state index < -0.39 is 0 Å². The highest BCUT2D eigenvalue weighted by atomic mass is 16.5. The van der Waals surface area contributed by atoms with Crippen LogP contribution in [0.3, 0.4) is 0 Å². The minimum absolute atomic E-state index is 0.100. The zero-order valence-corrected chi connectivity index (χ0v) is 19.8. The Morgan fingerprint density at radius 3 is 2.61 bits per heavy atom. The Morgan fingerprint density at radius 2 is 1.90 bits per heavy atom. The molecule has 1 atom stereocenters. The van der Waals surface area contributed by atoms with Crippen LogP contribution in [0.15, 0.2) is 0 Å². The average Bonchev–Trinajstić information content (AvgIpc) is 3.16. The van der Waals surface area contributed by atoms with Crippen molar-refractivity contribution in [2.24, 2.45) is 0 Å². The number of ether oxygens (including phenoxy) is 1. The van der Waals surface area contributed by atoms with E-state index in [1.54, 1.807) is 0 Å². The van der Waals surface area contributed by atoms with Crippen molar-refractivity contribution in [2.75, 3.05) is 45.9 Å². The van der Waals surface area contributed by atoms with Crippen LogP contribution in [0.1, 0.15) is 74.6 Å². The first-order chi connectivity index (χ1) is 15.0. The minimum atomic E-state index is 0.100. The molecule has 7 heteroatoms. The normalized spacial score (nSPS) is 23.1. The van der Waals surface area contributed by atoms with Crippen LogP contribution in [-0.4, -0.2) is 83.0 Å². The second kappa shape index (κ2) is 10.0. The summed E-state index contributed by atoms with van der Waals surface area (Å²) in [5.41, 5.74) is 3.33. The molecule has 1 N–H and O–H groups in total. The molecule has 7 nitrogen and oxygen atoms in total. The fraction of sp³-hybridized carbons (Fsp3) is 0.833. The number of rotatable bonds is 7. The van der Waals surface area contributed by atoms with E-state index in [2.05, 4.69) is 35.7 Å². The Morgan fingerprint density at radius 1 is 1.16 bits per heavy atom. The van der Waals surface area contributed by atoms with Gasteiger partial charge in [-0.25, -0.2) is 0 Å². The zero-order valence-electron chi connectivity index (χ0n) is 19.8. The third kappa shape index (κ3) is 5.15. The van der Waals surface area contributed by atoms with Gasteiger partial charge in [0, 0.05) is 62.1 Å². The van der Waals surface area contributed by atoms with Gasteiger partial charge in [0.2, 0.25) is 0 Å². The van der Waals surface area contributed by atoms with E-state index in [4.69, 9.17) is 9.84 Å². The van der Waals surface area contributed by atoms with Gasteiger partial charge in [0.1, 0.15) is 0 Å². The molecule has 0 aromatic carbocycles. The Bertz CT molecular complexity index is 747. The third-order valence-electron chi connectivity index (χ3n) is 7.32. The fourth-order valence-electron chi connectivity index (χ4n) is 5.35. The van der Waals surface area contributed by atoms with Gasteiger partial charge in [0.15, 0.2) is 5.69 Å². The highest BCUT2D eigenvalue weighted by Crippen LogP contribution is 2.27. The van der Waals surface area contributed by atoms with Crippen LogP contribution >= 0.6 is 0 Å². The number of morpholine rings is 1. The molecule has 3 heterocycles. The van der Waals surface area contributed by atoms with E-state index in [1.807, 2.05) is 4.90 Å². The highest BCUT2D eigenvalue weighted by Gasteiger charge is 2.33. The molecule has 2 fully saturated rings. The van der Waals surface area contributed by atoms with Crippen molar-refractivity contribution in [1.82, 2.24) is 24.9 Å². The Balaban J connectivity index is 1.46. The predicted octanol–water partition coefficient (Wildman–Crippen LogP) is 2.48. The summed E-state index contributed by atoms with van der Waals surface area (Å²) in [4.78, 5) is 17.9. The number of fused-ring (bicyclic) bond motifs is 1. The van der Waals surface area contributed by atoms with Gasteiger partial charge in [0.25, 0.3) is 5.91 Å². The Kier molecular flexibility index (Phi) is 7.34. The molecule has 1 amide bonds. The summed E-state index contributed by atoms with van der Waals surface area (Å²) < 4.78 is 7.65. The van der Waals surface area contributed by atoms with Crippen LogP contribution in [0.2, 0.25) is 0 Å². The number of aromatic nitrogens is 2. The number of aryl methyl sites for hydroxylation is 1. The number of carbonyl (C=O) groups is 1. The number of nitrogens with zero attached hydrogens (tertiary/aromatic N) is 4. The summed E-state index contributed by atoms with van der Waals surface area (Å²) in [6, 6.07) is 0.403. The number of hydrogen-bond donors (Lipinski definition) is 1. The first-order valence-corrected chi connectivity index (χ1v) is 12.4. The van der Waals surface area contributed by atoms with Gasteiger partial charge >= 0.3 is 0 Å². The van der Waals surface area contributed by atoms with Gasteiger partial charge in [-0.2, -0.15) is 5.10 Å². The van der Waals surface area contributed by atoms with Gasteiger partial charge in [0.05, 0.1) is 13.2 Å². The molecule has 2 aliphatic heterocycles. The molecule has 3 aliphatic rings. The monoisotopic (exact) mass is 431 g/mol. The van der Waals surface area contributed by atoms with E-state index in [0.717, 1.165) is 96.7 Å². The largest absolute Gasteiger partial charge is 0.379 e. The lowest BCUT2D eigenvalue weighted by molar-refractivity contribution is -0.0104. The summed E-state index contributed by atoms with van der Waals surface area (Å²) >= 11 is 0. The maximum Gasteiger partial charge on any atom is 0.274 e. The minimum Gasteiger partial charge on any atom is -0.379 e. The highest BCUT2D eigenvalue weighted by molar-refractivity contribution is 5.94. The molecule has 4 rings (SSSR count). The fourth-order valence-corrected chi connectivity index (χ4v) is 5.35. The van der Waals surface area contributed by atoms with Crippen LogP contribution in [0, 0.1) is 0 Å². The van der Waals surface area contributed by atoms with Gasteiger partial charge in [-0.05, 0) is 58.8 Å². The van der Waals surface area contributed by atoms with E-state index >= 15 is 0 Å². The second-order valence-electron chi connectivity index (χ2n) is 10.1. The van der Waals surface area contributed by atoms with Crippen LogP contribution in [0.5, 0.6) is 0 Å². The van der Waals surface area contributed by atoms with Gasteiger partial charge in [-0.1, -0.05) is 6.92 Å². The summed E-state index contributed by atoms with van der Waals surface area (Å²) in [5, 5.41) is 8.69. The van der Waals surface area contributed by atoms with Gasteiger partial charge in [-0.15, -0.1) is 0 Å².